The fraction of sp³-hybridized carbons (Fsp3) is 0.231. The van der Waals surface area contributed by atoms with Crippen molar-refractivity contribution < 1.29 is 14.3 Å². The van der Waals surface area contributed by atoms with E-state index in [9.17, 15) is 9.59 Å². The van der Waals surface area contributed by atoms with Crippen molar-refractivity contribution in [2.24, 2.45) is 0 Å². The number of amides is 2. The quantitative estimate of drug-likeness (QED) is 0.927. The number of carbonyl (C=O) groups excluding carboxylic acids is 2. The van der Waals surface area contributed by atoms with Gasteiger partial charge in [-0.1, -0.05) is 11.6 Å². The smallest absolute Gasteiger partial charge is 0.244 e. The Morgan fingerprint density at radius 2 is 2.35 bits per heavy atom. The lowest BCUT2D eigenvalue weighted by atomic mass is 10.3. The summed E-state index contributed by atoms with van der Waals surface area (Å²) in [6, 6.07) is 4.95. The SMILES string of the molecule is COc1ccc(NC(=O)CN2C=CSCC2=O)cc1Cl. The molecule has 1 aromatic rings. The Balaban J connectivity index is 1.97. The molecule has 0 spiro atoms. The minimum atomic E-state index is -0.281. The van der Waals surface area contributed by atoms with Crippen LogP contribution in [-0.4, -0.2) is 36.1 Å². The Bertz CT molecular complexity index is 563. The number of benzene rings is 1. The maximum absolute atomic E-state index is 11.9. The zero-order chi connectivity index (χ0) is 14.5. The van der Waals surface area contributed by atoms with Crippen LogP contribution in [0.25, 0.3) is 0 Å². The molecular weight excluding hydrogens is 300 g/mol. The van der Waals surface area contributed by atoms with E-state index in [0.717, 1.165) is 0 Å². The van der Waals surface area contributed by atoms with Crippen molar-refractivity contribution in [2.45, 2.75) is 0 Å². The monoisotopic (exact) mass is 312 g/mol. The van der Waals surface area contributed by atoms with Gasteiger partial charge in [-0.25, -0.2) is 0 Å². The molecule has 0 aromatic heterocycles. The highest BCUT2D eigenvalue weighted by molar-refractivity contribution is 8.02. The van der Waals surface area contributed by atoms with E-state index in [4.69, 9.17) is 16.3 Å². The fourth-order valence-electron chi connectivity index (χ4n) is 1.64. The van der Waals surface area contributed by atoms with Gasteiger partial charge in [-0.05, 0) is 23.6 Å². The molecule has 1 heterocycles. The Morgan fingerprint density at radius 1 is 1.55 bits per heavy atom. The molecule has 0 radical (unpaired) electrons. The molecular formula is C13H13ClN2O3S. The van der Waals surface area contributed by atoms with Gasteiger partial charge in [-0.2, -0.15) is 0 Å². The summed E-state index contributed by atoms with van der Waals surface area (Å²) in [6.07, 6.45) is 1.61. The largest absolute Gasteiger partial charge is 0.495 e. The highest BCUT2D eigenvalue weighted by Crippen LogP contribution is 2.27. The normalized spacial score (nSPS) is 14.3. The van der Waals surface area contributed by atoms with Gasteiger partial charge in [0.2, 0.25) is 11.8 Å². The molecule has 0 fully saturated rings. The molecule has 0 saturated carbocycles. The summed E-state index contributed by atoms with van der Waals surface area (Å²) in [5.41, 5.74) is 0.559. The van der Waals surface area contributed by atoms with Crippen LogP contribution in [0.5, 0.6) is 5.75 Å². The van der Waals surface area contributed by atoms with Crippen LogP contribution in [0.2, 0.25) is 5.02 Å². The molecule has 106 valence electrons. The molecule has 0 atom stereocenters. The molecule has 1 aliphatic heterocycles. The summed E-state index contributed by atoms with van der Waals surface area (Å²) in [6.45, 7) is -0.0143. The van der Waals surface area contributed by atoms with E-state index in [1.54, 1.807) is 29.8 Å². The van der Waals surface area contributed by atoms with Crippen LogP contribution in [0.15, 0.2) is 29.8 Å². The number of hydrogen-bond acceptors (Lipinski definition) is 4. The molecule has 2 rings (SSSR count). The summed E-state index contributed by atoms with van der Waals surface area (Å²) < 4.78 is 5.03. The van der Waals surface area contributed by atoms with Gasteiger partial charge >= 0.3 is 0 Å². The van der Waals surface area contributed by atoms with Crippen molar-refractivity contribution in [2.75, 3.05) is 24.7 Å². The van der Waals surface area contributed by atoms with E-state index in [2.05, 4.69) is 5.32 Å². The molecule has 20 heavy (non-hydrogen) atoms. The number of ether oxygens (including phenoxy) is 1. The number of thioether (sulfide) groups is 1. The second-order valence-corrected chi connectivity index (χ2v) is 5.32. The first-order chi connectivity index (χ1) is 9.60. The van der Waals surface area contributed by atoms with Gasteiger partial charge in [0, 0.05) is 11.9 Å². The van der Waals surface area contributed by atoms with Gasteiger partial charge in [0.25, 0.3) is 0 Å². The molecule has 0 bridgehead atoms. The van der Waals surface area contributed by atoms with E-state index in [1.807, 2.05) is 0 Å². The standard InChI is InChI=1S/C13H13ClN2O3S/c1-19-11-3-2-9(6-10(11)14)15-12(17)7-16-4-5-20-8-13(16)18/h2-6H,7-8H2,1H3,(H,15,17). The van der Waals surface area contributed by atoms with Crippen LogP contribution in [0.3, 0.4) is 0 Å². The van der Waals surface area contributed by atoms with Crippen molar-refractivity contribution in [3.05, 3.63) is 34.8 Å². The number of rotatable bonds is 4. The Labute approximate surface area is 125 Å². The summed E-state index contributed by atoms with van der Waals surface area (Å²) in [4.78, 5) is 24.8. The fourth-order valence-corrected chi connectivity index (χ4v) is 2.54. The highest BCUT2D eigenvalue weighted by Gasteiger charge is 2.17. The van der Waals surface area contributed by atoms with Gasteiger partial charge in [-0.3, -0.25) is 9.59 Å². The third kappa shape index (κ3) is 3.68. The molecule has 0 unspecified atom stereocenters. The maximum atomic E-state index is 11.9. The summed E-state index contributed by atoms with van der Waals surface area (Å²) in [5.74, 6) is 0.533. The molecule has 0 saturated heterocycles. The number of carbonyl (C=O) groups is 2. The zero-order valence-corrected chi connectivity index (χ0v) is 12.3. The Hall–Kier alpha value is -1.66. The van der Waals surface area contributed by atoms with Gasteiger partial charge < -0.3 is 15.0 Å². The third-order valence-corrected chi connectivity index (χ3v) is 3.64. The second-order valence-electron chi connectivity index (χ2n) is 4.02. The Kier molecular flexibility index (Phi) is 4.92. The maximum Gasteiger partial charge on any atom is 0.244 e. The van der Waals surface area contributed by atoms with Crippen molar-refractivity contribution in [3.8, 4) is 5.75 Å². The van der Waals surface area contributed by atoms with E-state index in [0.29, 0.717) is 22.2 Å². The average molecular weight is 313 g/mol. The lowest BCUT2D eigenvalue weighted by Gasteiger charge is -2.20. The van der Waals surface area contributed by atoms with Gasteiger partial charge in [-0.15, -0.1) is 11.8 Å². The minimum absolute atomic E-state index is 0.0143. The van der Waals surface area contributed by atoms with Gasteiger partial charge in [0.05, 0.1) is 17.9 Å². The first-order valence-corrected chi connectivity index (χ1v) is 7.24. The number of nitrogens with zero attached hydrogens (tertiary/aromatic N) is 1. The lowest BCUT2D eigenvalue weighted by Crippen LogP contribution is -2.36. The number of nitrogens with one attached hydrogen (secondary N) is 1. The van der Waals surface area contributed by atoms with Crippen molar-refractivity contribution >= 4 is 40.9 Å². The Morgan fingerprint density at radius 3 is 3.00 bits per heavy atom. The zero-order valence-electron chi connectivity index (χ0n) is 10.8. The molecule has 1 N–H and O–H groups in total. The number of methoxy groups -OCH3 is 1. The molecule has 1 aromatic carbocycles. The van der Waals surface area contributed by atoms with Crippen LogP contribution in [0.1, 0.15) is 0 Å². The number of hydrogen-bond donors (Lipinski definition) is 1. The average Bonchev–Trinajstić information content (AvgIpc) is 2.41. The van der Waals surface area contributed by atoms with Crippen molar-refractivity contribution in [3.63, 3.8) is 0 Å². The summed E-state index contributed by atoms with van der Waals surface area (Å²) in [7, 11) is 1.52. The highest BCUT2D eigenvalue weighted by atomic mass is 35.5. The third-order valence-electron chi connectivity index (χ3n) is 2.61. The molecule has 2 amide bonds. The summed E-state index contributed by atoms with van der Waals surface area (Å²) >= 11 is 7.38. The van der Waals surface area contributed by atoms with Gasteiger partial charge in [0.1, 0.15) is 12.3 Å². The predicted molar refractivity (Wildman–Crippen MR) is 79.9 cm³/mol. The predicted octanol–water partition coefficient (Wildman–Crippen LogP) is 2.33. The molecule has 5 nitrogen and oxygen atoms in total. The lowest BCUT2D eigenvalue weighted by molar-refractivity contribution is -0.129. The van der Waals surface area contributed by atoms with E-state index in [-0.39, 0.29) is 18.4 Å². The van der Waals surface area contributed by atoms with E-state index < -0.39 is 0 Å². The summed E-state index contributed by atoms with van der Waals surface area (Å²) in [5, 5.41) is 4.89. The van der Waals surface area contributed by atoms with E-state index >= 15 is 0 Å². The first-order valence-electron chi connectivity index (χ1n) is 5.81. The van der Waals surface area contributed by atoms with Gasteiger partial charge in [0.15, 0.2) is 0 Å². The molecule has 7 heteroatoms. The second kappa shape index (κ2) is 6.67. The molecule has 0 aliphatic carbocycles. The van der Waals surface area contributed by atoms with Crippen molar-refractivity contribution in [1.82, 2.24) is 4.90 Å². The van der Waals surface area contributed by atoms with Crippen LogP contribution in [0.4, 0.5) is 5.69 Å². The number of halogens is 1. The van der Waals surface area contributed by atoms with Crippen LogP contribution >= 0.6 is 23.4 Å². The topological polar surface area (TPSA) is 58.6 Å². The van der Waals surface area contributed by atoms with Crippen molar-refractivity contribution in [1.29, 1.82) is 0 Å². The molecule has 1 aliphatic rings. The van der Waals surface area contributed by atoms with E-state index in [1.165, 1.54) is 23.8 Å². The first kappa shape index (κ1) is 14.7. The van der Waals surface area contributed by atoms with Crippen LogP contribution < -0.4 is 10.1 Å². The number of anilines is 1. The van der Waals surface area contributed by atoms with Crippen LogP contribution in [0, 0.1) is 0 Å². The van der Waals surface area contributed by atoms with Crippen LogP contribution in [-0.2, 0) is 9.59 Å². The minimum Gasteiger partial charge on any atom is -0.495 e.